The summed E-state index contributed by atoms with van der Waals surface area (Å²) in [7, 11) is 0. The third-order valence-electron chi connectivity index (χ3n) is 3.25. The fraction of sp³-hybridized carbons (Fsp3) is 0.357. The smallest absolute Gasteiger partial charge is 0.0975 e. The van der Waals surface area contributed by atoms with Crippen LogP contribution in [0.5, 0.6) is 0 Å². The topological polar surface area (TPSA) is 24.9 Å². The molecule has 17 heavy (non-hydrogen) atoms. The molecule has 0 atom stereocenters. The number of rotatable bonds is 2. The maximum atomic E-state index is 4.77. The maximum absolute atomic E-state index is 4.77. The molecule has 1 aliphatic rings. The lowest BCUT2D eigenvalue weighted by atomic mass is 10.1. The van der Waals surface area contributed by atoms with Crippen molar-refractivity contribution in [2.24, 2.45) is 0 Å². The summed E-state index contributed by atoms with van der Waals surface area (Å²) in [6, 6.07) is 8.57. The molecule has 0 unspecified atom stereocenters. The van der Waals surface area contributed by atoms with Gasteiger partial charge in [-0.15, -0.1) is 11.3 Å². The Bertz CT molecular complexity index is 507. The molecule has 0 spiro atoms. The minimum atomic E-state index is 0.977. The van der Waals surface area contributed by atoms with Crippen LogP contribution >= 0.6 is 11.3 Å². The third kappa shape index (κ3) is 2.26. The zero-order valence-corrected chi connectivity index (χ0v) is 10.8. The first kappa shape index (κ1) is 10.9. The molecule has 1 N–H and O–H groups in total. The van der Waals surface area contributed by atoms with Gasteiger partial charge in [-0.1, -0.05) is 24.3 Å². The minimum absolute atomic E-state index is 0.977. The first-order valence-corrected chi connectivity index (χ1v) is 6.87. The van der Waals surface area contributed by atoms with Gasteiger partial charge < -0.3 is 5.32 Å². The highest BCUT2D eigenvalue weighted by molar-refractivity contribution is 7.11. The SMILES string of the molecule is Cc1ccccc1Cc1nc2c(s1)CNCC2. The quantitative estimate of drug-likeness (QED) is 0.878. The van der Waals surface area contributed by atoms with Crippen molar-refractivity contribution in [1.82, 2.24) is 10.3 Å². The Hall–Kier alpha value is -1.19. The lowest BCUT2D eigenvalue weighted by Gasteiger charge is -2.09. The van der Waals surface area contributed by atoms with Crippen molar-refractivity contribution < 1.29 is 0 Å². The number of aryl methyl sites for hydroxylation is 1. The van der Waals surface area contributed by atoms with Crippen molar-refractivity contribution in [1.29, 1.82) is 0 Å². The number of nitrogens with zero attached hydrogens (tertiary/aromatic N) is 1. The van der Waals surface area contributed by atoms with E-state index in [1.165, 1.54) is 26.7 Å². The lowest BCUT2D eigenvalue weighted by Crippen LogP contribution is -2.22. The maximum Gasteiger partial charge on any atom is 0.0975 e. The van der Waals surface area contributed by atoms with Crippen molar-refractivity contribution in [3.05, 3.63) is 51.0 Å². The first-order valence-electron chi connectivity index (χ1n) is 6.05. The normalized spacial score (nSPS) is 14.6. The summed E-state index contributed by atoms with van der Waals surface area (Å²) in [5.41, 5.74) is 4.07. The van der Waals surface area contributed by atoms with Crippen molar-refractivity contribution in [3.63, 3.8) is 0 Å². The highest BCUT2D eigenvalue weighted by Crippen LogP contribution is 2.24. The molecule has 1 aliphatic heterocycles. The summed E-state index contributed by atoms with van der Waals surface area (Å²) in [5, 5.41) is 4.66. The largest absolute Gasteiger partial charge is 0.311 e. The zero-order chi connectivity index (χ0) is 11.7. The summed E-state index contributed by atoms with van der Waals surface area (Å²) < 4.78 is 0. The van der Waals surface area contributed by atoms with Crippen molar-refractivity contribution in [2.45, 2.75) is 26.3 Å². The molecule has 1 aromatic heterocycles. The van der Waals surface area contributed by atoms with Crippen molar-refractivity contribution in [2.75, 3.05) is 6.54 Å². The Labute approximate surface area is 106 Å². The van der Waals surface area contributed by atoms with Crippen LogP contribution in [0.2, 0.25) is 0 Å². The molecule has 0 saturated heterocycles. The molecule has 3 heteroatoms. The van der Waals surface area contributed by atoms with Gasteiger partial charge in [-0.3, -0.25) is 0 Å². The van der Waals surface area contributed by atoms with Gasteiger partial charge in [0.25, 0.3) is 0 Å². The second-order valence-electron chi connectivity index (χ2n) is 4.51. The molecule has 2 heterocycles. The Morgan fingerprint density at radius 2 is 2.24 bits per heavy atom. The summed E-state index contributed by atoms with van der Waals surface area (Å²) in [5.74, 6) is 0. The van der Waals surface area contributed by atoms with Crippen LogP contribution < -0.4 is 5.32 Å². The summed E-state index contributed by atoms with van der Waals surface area (Å²) in [4.78, 5) is 6.20. The predicted molar refractivity (Wildman–Crippen MR) is 71.5 cm³/mol. The van der Waals surface area contributed by atoms with Gasteiger partial charge in [0.05, 0.1) is 10.7 Å². The molecule has 1 aromatic carbocycles. The average molecular weight is 244 g/mol. The number of fused-ring (bicyclic) bond motifs is 1. The van der Waals surface area contributed by atoms with Crippen LogP contribution in [0.4, 0.5) is 0 Å². The van der Waals surface area contributed by atoms with Crippen molar-refractivity contribution in [3.8, 4) is 0 Å². The van der Waals surface area contributed by atoms with Gasteiger partial charge in [0, 0.05) is 30.8 Å². The Morgan fingerprint density at radius 1 is 1.35 bits per heavy atom. The molecule has 2 aromatic rings. The molecule has 88 valence electrons. The standard InChI is InChI=1S/C14H16N2S/c1-10-4-2-3-5-11(10)8-14-16-12-6-7-15-9-13(12)17-14/h2-5,15H,6-9H2,1H3. The van der Waals surface area contributed by atoms with E-state index in [0.717, 1.165) is 25.9 Å². The molecule has 2 nitrogen and oxygen atoms in total. The van der Waals surface area contributed by atoms with Crippen molar-refractivity contribution >= 4 is 11.3 Å². The van der Waals surface area contributed by atoms with E-state index >= 15 is 0 Å². The molecule has 3 rings (SSSR count). The zero-order valence-electron chi connectivity index (χ0n) is 9.99. The monoisotopic (exact) mass is 244 g/mol. The van der Waals surface area contributed by atoms with Crippen LogP contribution in [0.1, 0.15) is 26.7 Å². The fourth-order valence-electron chi connectivity index (χ4n) is 2.23. The van der Waals surface area contributed by atoms with Crippen LogP contribution in [0.15, 0.2) is 24.3 Å². The first-order chi connectivity index (χ1) is 8.33. The van der Waals surface area contributed by atoms with Crippen LogP contribution in [0.3, 0.4) is 0 Å². The molecule has 0 radical (unpaired) electrons. The molecule has 0 aliphatic carbocycles. The average Bonchev–Trinajstić information content (AvgIpc) is 2.74. The molecule has 0 saturated carbocycles. The number of thiazole rings is 1. The van der Waals surface area contributed by atoms with Gasteiger partial charge in [-0.25, -0.2) is 4.98 Å². The number of nitrogens with one attached hydrogen (secondary N) is 1. The van der Waals surface area contributed by atoms with Gasteiger partial charge in [-0.05, 0) is 18.1 Å². The number of benzene rings is 1. The van der Waals surface area contributed by atoms with E-state index in [1.807, 2.05) is 11.3 Å². The van der Waals surface area contributed by atoms with E-state index in [1.54, 1.807) is 0 Å². The van der Waals surface area contributed by atoms with Gasteiger partial charge in [0.15, 0.2) is 0 Å². The second kappa shape index (κ2) is 4.59. The molecular formula is C14H16N2S. The molecule has 0 amide bonds. The van der Waals surface area contributed by atoms with Crippen LogP contribution in [0, 0.1) is 6.92 Å². The highest BCUT2D eigenvalue weighted by atomic mass is 32.1. The number of hydrogen-bond acceptors (Lipinski definition) is 3. The molecular weight excluding hydrogens is 228 g/mol. The van der Waals surface area contributed by atoms with Crippen LogP contribution in [0.25, 0.3) is 0 Å². The Balaban J connectivity index is 1.86. The molecule has 0 bridgehead atoms. The van der Waals surface area contributed by atoms with Gasteiger partial charge >= 0.3 is 0 Å². The van der Waals surface area contributed by atoms with Crippen LogP contribution in [-0.4, -0.2) is 11.5 Å². The molecule has 0 fully saturated rings. The summed E-state index contributed by atoms with van der Waals surface area (Å²) >= 11 is 1.87. The summed E-state index contributed by atoms with van der Waals surface area (Å²) in [6.45, 7) is 4.24. The number of hydrogen-bond donors (Lipinski definition) is 1. The second-order valence-corrected chi connectivity index (χ2v) is 5.68. The van der Waals surface area contributed by atoms with E-state index in [9.17, 15) is 0 Å². The predicted octanol–water partition coefficient (Wildman–Crippen LogP) is 2.69. The van der Waals surface area contributed by atoms with E-state index < -0.39 is 0 Å². The minimum Gasteiger partial charge on any atom is -0.311 e. The van der Waals surface area contributed by atoms with E-state index in [4.69, 9.17) is 4.98 Å². The van der Waals surface area contributed by atoms with E-state index in [0.29, 0.717) is 0 Å². The fourth-order valence-corrected chi connectivity index (χ4v) is 3.33. The van der Waals surface area contributed by atoms with Gasteiger partial charge in [0.1, 0.15) is 0 Å². The summed E-state index contributed by atoms with van der Waals surface area (Å²) in [6.07, 6.45) is 2.06. The third-order valence-corrected chi connectivity index (χ3v) is 4.35. The van der Waals surface area contributed by atoms with E-state index in [2.05, 4.69) is 36.5 Å². The van der Waals surface area contributed by atoms with Gasteiger partial charge in [0.2, 0.25) is 0 Å². The lowest BCUT2D eigenvalue weighted by molar-refractivity contribution is 0.643. The highest BCUT2D eigenvalue weighted by Gasteiger charge is 2.14. The van der Waals surface area contributed by atoms with E-state index in [-0.39, 0.29) is 0 Å². The van der Waals surface area contributed by atoms with Crippen LogP contribution in [-0.2, 0) is 19.4 Å². The Morgan fingerprint density at radius 3 is 3.06 bits per heavy atom. The van der Waals surface area contributed by atoms with Gasteiger partial charge in [-0.2, -0.15) is 0 Å². The Kier molecular flexibility index (Phi) is 2.95. The number of aromatic nitrogens is 1.